The minimum Gasteiger partial charge on any atom is -0.339 e. The molecule has 0 bridgehead atoms. The monoisotopic (exact) mass is 329 g/mol. The summed E-state index contributed by atoms with van der Waals surface area (Å²) in [5, 5.41) is 5.21. The molecule has 0 aromatic carbocycles. The third-order valence-electron chi connectivity index (χ3n) is 3.66. The van der Waals surface area contributed by atoms with Crippen LogP contribution in [0.15, 0.2) is 4.52 Å². The first-order valence-corrected chi connectivity index (χ1v) is 9.81. The van der Waals surface area contributed by atoms with E-state index in [1.807, 2.05) is 23.5 Å². The van der Waals surface area contributed by atoms with E-state index >= 15 is 0 Å². The molecule has 2 N–H and O–H groups in total. The van der Waals surface area contributed by atoms with Crippen LogP contribution in [0.3, 0.4) is 0 Å². The van der Waals surface area contributed by atoms with Gasteiger partial charge in [-0.2, -0.15) is 16.7 Å². The average molecular weight is 330 g/mol. The van der Waals surface area contributed by atoms with Crippen molar-refractivity contribution >= 4 is 23.5 Å². The lowest BCUT2D eigenvalue weighted by molar-refractivity contribution is 0.286. The molecule has 1 saturated heterocycles. The first-order chi connectivity index (χ1) is 9.94. The van der Waals surface area contributed by atoms with Gasteiger partial charge in [0.2, 0.25) is 5.89 Å². The van der Waals surface area contributed by atoms with Crippen LogP contribution >= 0.6 is 23.5 Å². The van der Waals surface area contributed by atoms with Gasteiger partial charge in [-0.25, -0.2) is 0 Å². The van der Waals surface area contributed by atoms with Crippen LogP contribution < -0.4 is 5.73 Å². The summed E-state index contributed by atoms with van der Waals surface area (Å²) >= 11 is 3.99. The second-order valence-electron chi connectivity index (χ2n) is 6.80. The number of nitrogens with zero attached hydrogens (tertiary/aromatic N) is 2. The molecule has 6 heteroatoms. The molecule has 3 atom stereocenters. The van der Waals surface area contributed by atoms with E-state index in [0.29, 0.717) is 22.9 Å². The Balaban J connectivity index is 2.12. The van der Waals surface area contributed by atoms with Gasteiger partial charge in [0.15, 0.2) is 5.82 Å². The van der Waals surface area contributed by atoms with Crippen molar-refractivity contribution in [3.63, 3.8) is 0 Å². The van der Waals surface area contributed by atoms with Crippen molar-refractivity contribution < 1.29 is 4.52 Å². The van der Waals surface area contributed by atoms with Gasteiger partial charge in [-0.3, -0.25) is 0 Å². The summed E-state index contributed by atoms with van der Waals surface area (Å²) in [5.74, 6) is 4.13. The van der Waals surface area contributed by atoms with Crippen LogP contribution in [0.25, 0.3) is 0 Å². The normalized spacial score (nSPS) is 25.0. The summed E-state index contributed by atoms with van der Waals surface area (Å²) in [6.45, 7) is 9.44. The zero-order valence-electron chi connectivity index (χ0n) is 13.5. The van der Waals surface area contributed by atoms with Gasteiger partial charge < -0.3 is 10.3 Å². The van der Waals surface area contributed by atoms with E-state index in [1.165, 1.54) is 5.75 Å². The first-order valence-electron chi connectivity index (χ1n) is 7.71. The summed E-state index contributed by atoms with van der Waals surface area (Å²) in [5.41, 5.74) is 6.12. The highest BCUT2D eigenvalue weighted by atomic mass is 32.2. The van der Waals surface area contributed by atoms with E-state index in [-0.39, 0.29) is 11.3 Å². The van der Waals surface area contributed by atoms with Crippen LogP contribution in [0.1, 0.15) is 63.4 Å². The number of hydrogen-bond acceptors (Lipinski definition) is 6. The van der Waals surface area contributed by atoms with Crippen LogP contribution in [0, 0.1) is 5.41 Å². The highest BCUT2D eigenvalue weighted by Crippen LogP contribution is 2.43. The molecule has 2 rings (SSSR count). The van der Waals surface area contributed by atoms with E-state index in [2.05, 4.69) is 32.9 Å². The van der Waals surface area contributed by atoms with Crippen molar-refractivity contribution in [1.82, 2.24) is 10.1 Å². The Morgan fingerprint density at radius 2 is 2.05 bits per heavy atom. The molecule has 21 heavy (non-hydrogen) atoms. The van der Waals surface area contributed by atoms with Gasteiger partial charge >= 0.3 is 0 Å². The second-order valence-corrected chi connectivity index (χ2v) is 9.39. The Bertz CT molecular complexity index is 444. The SMILES string of the molecule is CCC1SCCSC1c1noc(C(CN)CC(C)(C)C)n1. The number of nitrogens with two attached hydrogens (primary N) is 1. The Morgan fingerprint density at radius 3 is 2.67 bits per heavy atom. The van der Waals surface area contributed by atoms with Crippen molar-refractivity contribution in [3.8, 4) is 0 Å². The Morgan fingerprint density at radius 1 is 1.33 bits per heavy atom. The van der Waals surface area contributed by atoms with Gasteiger partial charge in [0.25, 0.3) is 0 Å². The molecule has 4 nitrogen and oxygen atoms in total. The predicted octanol–water partition coefficient (Wildman–Crippen LogP) is 3.85. The zero-order valence-corrected chi connectivity index (χ0v) is 15.1. The number of thioether (sulfide) groups is 2. The average Bonchev–Trinajstić information content (AvgIpc) is 2.93. The summed E-state index contributed by atoms with van der Waals surface area (Å²) in [6, 6.07) is 0. The van der Waals surface area contributed by atoms with Crippen LogP contribution in [0.4, 0.5) is 0 Å². The fourth-order valence-electron chi connectivity index (χ4n) is 2.68. The maximum Gasteiger partial charge on any atom is 0.231 e. The summed E-state index contributed by atoms with van der Waals surface area (Å²) in [4.78, 5) is 4.70. The summed E-state index contributed by atoms with van der Waals surface area (Å²) in [7, 11) is 0. The van der Waals surface area contributed by atoms with E-state index in [1.54, 1.807) is 0 Å². The maximum atomic E-state index is 5.92. The van der Waals surface area contributed by atoms with Crippen LogP contribution in [0.5, 0.6) is 0 Å². The van der Waals surface area contributed by atoms with Crippen molar-refractivity contribution in [2.45, 2.75) is 57.0 Å². The number of hydrogen-bond donors (Lipinski definition) is 1. The van der Waals surface area contributed by atoms with E-state index < -0.39 is 0 Å². The molecule has 0 spiro atoms. The standard InChI is InChI=1S/C15H27N3OS2/c1-5-11-12(21-7-6-20-11)13-17-14(19-18-13)10(9-16)8-15(2,3)4/h10-12H,5-9,16H2,1-4H3. The van der Waals surface area contributed by atoms with Gasteiger partial charge in [-0.15, -0.1) is 11.8 Å². The molecular formula is C15H27N3OS2. The topological polar surface area (TPSA) is 64.9 Å². The van der Waals surface area contributed by atoms with Crippen molar-refractivity contribution in [2.75, 3.05) is 18.1 Å². The Kier molecular flexibility index (Phi) is 6.03. The number of rotatable bonds is 5. The van der Waals surface area contributed by atoms with E-state index in [0.717, 1.165) is 24.4 Å². The minimum absolute atomic E-state index is 0.160. The minimum atomic E-state index is 0.160. The largest absolute Gasteiger partial charge is 0.339 e. The van der Waals surface area contributed by atoms with Crippen LogP contribution in [-0.2, 0) is 0 Å². The first kappa shape index (κ1) is 17.2. The molecule has 2 heterocycles. The third-order valence-corrected chi connectivity index (χ3v) is 6.90. The van der Waals surface area contributed by atoms with E-state index in [9.17, 15) is 0 Å². The highest BCUT2D eigenvalue weighted by molar-refractivity contribution is 8.06. The second kappa shape index (κ2) is 7.38. The van der Waals surface area contributed by atoms with Crippen LogP contribution in [-0.4, -0.2) is 33.4 Å². The number of aromatic nitrogens is 2. The predicted molar refractivity (Wildman–Crippen MR) is 91.9 cm³/mol. The molecule has 0 amide bonds. The van der Waals surface area contributed by atoms with Gasteiger partial charge in [0, 0.05) is 23.3 Å². The summed E-state index contributed by atoms with van der Waals surface area (Å²) < 4.78 is 5.55. The molecule has 3 unspecified atom stereocenters. The maximum absolute atomic E-state index is 5.92. The smallest absolute Gasteiger partial charge is 0.231 e. The Labute approximate surface area is 136 Å². The summed E-state index contributed by atoms with van der Waals surface area (Å²) in [6.07, 6.45) is 2.11. The van der Waals surface area contributed by atoms with Crippen molar-refractivity contribution in [2.24, 2.45) is 11.1 Å². The molecule has 1 aliphatic heterocycles. The van der Waals surface area contributed by atoms with Gasteiger partial charge in [0.1, 0.15) is 0 Å². The highest BCUT2D eigenvalue weighted by Gasteiger charge is 2.32. The van der Waals surface area contributed by atoms with E-state index in [4.69, 9.17) is 15.2 Å². The van der Waals surface area contributed by atoms with Crippen molar-refractivity contribution in [1.29, 1.82) is 0 Å². The lowest BCUT2D eigenvalue weighted by atomic mass is 9.84. The molecule has 120 valence electrons. The van der Waals surface area contributed by atoms with Crippen LogP contribution in [0.2, 0.25) is 0 Å². The fraction of sp³-hybridized carbons (Fsp3) is 0.867. The molecule has 0 radical (unpaired) electrons. The molecule has 1 aliphatic rings. The van der Waals surface area contributed by atoms with Gasteiger partial charge in [0.05, 0.1) is 11.2 Å². The fourth-order valence-corrected chi connectivity index (χ4v) is 5.66. The Hall–Kier alpha value is -0.200. The third kappa shape index (κ3) is 4.63. The molecule has 0 aliphatic carbocycles. The molecule has 0 saturated carbocycles. The quantitative estimate of drug-likeness (QED) is 0.885. The molecule has 1 fully saturated rings. The molecular weight excluding hydrogens is 302 g/mol. The lowest BCUT2D eigenvalue weighted by Gasteiger charge is -2.27. The van der Waals surface area contributed by atoms with Gasteiger partial charge in [-0.1, -0.05) is 32.9 Å². The molecule has 1 aromatic heterocycles. The lowest BCUT2D eigenvalue weighted by Crippen LogP contribution is -2.21. The molecule has 1 aromatic rings. The zero-order chi connectivity index (χ0) is 15.5. The van der Waals surface area contributed by atoms with Crippen molar-refractivity contribution in [3.05, 3.63) is 11.7 Å². The van der Waals surface area contributed by atoms with Gasteiger partial charge in [-0.05, 0) is 18.3 Å².